The molecule has 1 unspecified atom stereocenters. The van der Waals surface area contributed by atoms with E-state index < -0.39 is 24.0 Å². The van der Waals surface area contributed by atoms with E-state index >= 15 is 0 Å². The molecule has 0 aromatic carbocycles. The molecule has 0 aliphatic carbocycles. The smallest absolute Gasteiger partial charge is 0.306 e. The molecule has 6 heteroatoms. The quantitative estimate of drug-likeness (QED) is 0.772. The summed E-state index contributed by atoms with van der Waals surface area (Å²) in [7, 11) is 0. The number of halogens is 3. The Bertz CT molecular complexity index is 195. The van der Waals surface area contributed by atoms with Crippen LogP contribution < -0.4 is 5.73 Å². The van der Waals surface area contributed by atoms with E-state index in [0.29, 0.717) is 0 Å². The van der Waals surface area contributed by atoms with Gasteiger partial charge in [-0.15, -0.1) is 12.4 Å². The first-order valence-corrected chi connectivity index (χ1v) is 4.48. The summed E-state index contributed by atoms with van der Waals surface area (Å²) in [6.45, 7) is 5.16. The summed E-state index contributed by atoms with van der Waals surface area (Å²) in [5.74, 6) is -0.492. The lowest BCUT2D eigenvalue weighted by atomic mass is 10.1. The van der Waals surface area contributed by atoms with E-state index in [1.165, 1.54) is 0 Å². The second-order valence-electron chi connectivity index (χ2n) is 4.12. The van der Waals surface area contributed by atoms with Crippen molar-refractivity contribution in [3.05, 3.63) is 0 Å². The fraction of sp³-hybridized carbons (Fsp3) is 0.889. The van der Waals surface area contributed by atoms with Crippen LogP contribution in [0.25, 0.3) is 0 Å². The Morgan fingerprint density at radius 1 is 1.40 bits per heavy atom. The molecule has 2 N–H and O–H groups in total. The van der Waals surface area contributed by atoms with Crippen molar-refractivity contribution in [2.24, 2.45) is 5.73 Å². The Morgan fingerprint density at radius 2 is 1.87 bits per heavy atom. The Labute approximate surface area is 94.8 Å². The SMILES string of the molecule is CC(C)(C)OC(=O)CCC(N)C(F)F.Cl. The number of hydrogen-bond acceptors (Lipinski definition) is 3. The van der Waals surface area contributed by atoms with Crippen molar-refractivity contribution in [2.45, 2.75) is 51.7 Å². The van der Waals surface area contributed by atoms with Gasteiger partial charge in [-0.05, 0) is 27.2 Å². The molecule has 15 heavy (non-hydrogen) atoms. The molecule has 0 rings (SSSR count). The zero-order valence-electron chi connectivity index (χ0n) is 9.13. The van der Waals surface area contributed by atoms with Gasteiger partial charge in [-0.3, -0.25) is 4.79 Å². The number of esters is 1. The van der Waals surface area contributed by atoms with Crippen LogP contribution in [-0.2, 0) is 9.53 Å². The largest absolute Gasteiger partial charge is 0.460 e. The average Bonchev–Trinajstić information content (AvgIpc) is 1.96. The predicted octanol–water partition coefficient (Wildman–Crippen LogP) is 2.12. The highest BCUT2D eigenvalue weighted by atomic mass is 35.5. The van der Waals surface area contributed by atoms with Crippen LogP contribution in [0.15, 0.2) is 0 Å². The molecule has 0 bridgehead atoms. The normalized spacial score (nSPS) is 13.3. The zero-order valence-corrected chi connectivity index (χ0v) is 9.94. The van der Waals surface area contributed by atoms with Crippen LogP contribution in [-0.4, -0.2) is 24.0 Å². The van der Waals surface area contributed by atoms with Crippen molar-refractivity contribution >= 4 is 18.4 Å². The fourth-order valence-corrected chi connectivity index (χ4v) is 0.803. The highest BCUT2D eigenvalue weighted by Crippen LogP contribution is 2.11. The van der Waals surface area contributed by atoms with Crippen LogP contribution >= 0.6 is 12.4 Å². The molecule has 0 heterocycles. The first-order chi connectivity index (χ1) is 6.22. The molecule has 0 saturated heterocycles. The van der Waals surface area contributed by atoms with Crippen LogP contribution in [0, 0.1) is 0 Å². The van der Waals surface area contributed by atoms with Crippen molar-refractivity contribution in [3.63, 3.8) is 0 Å². The Morgan fingerprint density at radius 3 is 2.20 bits per heavy atom. The first-order valence-electron chi connectivity index (χ1n) is 4.48. The maximum atomic E-state index is 11.9. The van der Waals surface area contributed by atoms with Gasteiger partial charge >= 0.3 is 5.97 Å². The number of hydrogen-bond donors (Lipinski definition) is 1. The number of carbonyl (C=O) groups is 1. The number of alkyl halides is 2. The van der Waals surface area contributed by atoms with Crippen LogP contribution in [0.4, 0.5) is 8.78 Å². The lowest BCUT2D eigenvalue weighted by Crippen LogP contribution is -2.30. The molecule has 0 fully saturated rings. The van der Waals surface area contributed by atoms with E-state index in [0.717, 1.165) is 0 Å². The molecule has 0 radical (unpaired) electrons. The molecule has 92 valence electrons. The molecule has 1 atom stereocenters. The van der Waals surface area contributed by atoms with Gasteiger partial charge in [0.1, 0.15) is 5.60 Å². The third-order valence-corrected chi connectivity index (χ3v) is 1.43. The summed E-state index contributed by atoms with van der Waals surface area (Å²) in [5.41, 5.74) is 4.49. The molecule has 3 nitrogen and oxygen atoms in total. The van der Waals surface area contributed by atoms with Gasteiger partial charge in [0, 0.05) is 6.42 Å². The number of rotatable bonds is 4. The van der Waals surface area contributed by atoms with E-state index in [4.69, 9.17) is 10.5 Å². The summed E-state index contributed by atoms with van der Waals surface area (Å²) in [4.78, 5) is 11.1. The second-order valence-corrected chi connectivity index (χ2v) is 4.12. The number of nitrogens with two attached hydrogens (primary N) is 1. The lowest BCUT2D eigenvalue weighted by Gasteiger charge is -2.20. The molecule has 0 aromatic rings. The summed E-state index contributed by atoms with van der Waals surface area (Å²) < 4.78 is 28.8. The lowest BCUT2D eigenvalue weighted by molar-refractivity contribution is -0.155. The van der Waals surface area contributed by atoms with E-state index in [1.54, 1.807) is 20.8 Å². The van der Waals surface area contributed by atoms with Crippen LogP contribution in [0.3, 0.4) is 0 Å². The maximum Gasteiger partial charge on any atom is 0.306 e. The highest BCUT2D eigenvalue weighted by Gasteiger charge is 2.20. The van der Waals surface area contributed by atoms with Gasteiger partial charge in [0.05, 0.1) is 6.04 Å². The predicted molar refractivity (Wildman–Crippen MR) is 56.3 cm³/mol. The summed E-state index contributed by atoms with van der Waals surface area (Å²) >= 11 is 0. The molecule has 0 saturated carbocycles. The first kappa shape index (κ1) is 17.0. The number of carbonyl (C=O) groups excluding carboxylic acids is 1. The van der Waals surface area contributed by atoms with Crippen LogP contribution in [0.1, 0.15) is 33.6 Å². The van der Waals surface area contributed by atoms with E-state index in [1.807, 2.05) is 0 Å². The van der Waals surface area contributed by atoms with Crippen molar-refractivity contribution in [1.82, 2.24) is 0 Å². The van der Waals surface area contributed by atoms with Gasteiger partial charge in [0.15, 0.2) is 0 Å². The topological polar surface area (TPSA) is 52.3 Å². The Kier molecular flexibility index (Phi) is 7.88. The highest BCUT2D eigenvalue weighted by molar-refractivity contribution is 5.85. The zero-order chi connectivity index (χ0) is 11.4. The van der Waals surface area contributed by atoms with E-state index in [-0.39, 0.29) is 25.2 Å². The van der Waals surface area contributed by atoms with Crippen molar-refractivity contribution in [1.29, 1.82) is 0 Å². The minimum absolute atomic E-state index is 0. The average molecular weight is 246 g/mol. The molecular formula is C9H18ClF2NO2. The maximum absolute atomic E-state index is 11.9. The van der Waals surface area contributed by atoms with Crippen molar-refractivity contribution in [3.8, 4) is 0 Å². The van der Waals surface area contributed by atoms with Gasteiger partial charge in [-0.1, -0.05) is 0 Å². The summed E-state index contributed by atoms with van der Waals surface area (Å²) in [5, 5.41) is 0. The Hall–Kier alpha value is -0.420. The van der Waals surface area contributed by atoms with Crippen LogP contribution in [0.5, 0.6) is 0 Å². The third kappa shape index (κ3) is 9.87. The summed E-state index contributed by atoms with van der Waals surface area (Å²) in [6, 6.07) is -1.25. The Balaban J connectivity index is 0. The molecule has 0 aliphatic rings. The fourth-order valence-electron chi connectivity index (χ4n) is 0.803. The van der Waals surface area contributed by atoms with Gasteiger partial charge in [-0.2, -0.15) is 0 Å². The minimum Gasteiger partial charge on any atom is -0.460 e. The van der Waals surface area contributed by atoms with Crippen LogP contribution in [0.2, 0.25) is 0 Å². The molecular weight excluding hydrogens is 228 g/mol. The molecule has 0 aliphatic heterocycles. The van der Waals surface area contributed by atoms with Gasteiger partial charge in [0.2, 0.25) is 0 Å². The van der Waals surface area contributed by atoms with Gasteiger partial charge in [0.25, 0.3) is 6.43 Å². The monoisotopic (exact) mass is 245 g/mol. The van der Waals surface area contributed by atoms with Gasteiger partial charge < -0.3 is 10.5 Å². The van der Waals surface area contributed by atoms with E-state index in [9.17, 15) is 13.6 Å². The summed E-state index contributed by atoms with van der Waals surface area (Å²) in [6.07, 6.45) is -2.70. The molecule has 0 spiro atoms. The second kappa shape index (κ2) is 6.95. The minimum atomic E-state index is -2.59. The number of ether oxygens (including phenoxy) is 1. The molecule has 0 amide bonds. The standard InChI is InChI=1S/C9H17F2NO2.ClH/c1-9(2,3)14-7(13)5-4-6(12)8(10)11;/h6,8H,4-5,12H2,1-3H3;1H. The van der Waals surface area contributed by atoms with Crippen molar-refractivity contribution in [2.75, 3.05) is 0 Å². The van der Waals surface area contributed by atoms with Crippen molar-refractivity contribution < 1.29 is 18.3 Å². The third-order valence-electron chi connectivity index (χ3n) is 1.43. The van der Waals surface area contributed by atoms with E-state index in [2.05, 4.69) is 0 Å². The molecule has 0 aromatic heterocycles. The van der Waals surface area contributed by atoms with Gasteiger partial charge in [-0.25, -0.2) is 8.78 Å².